The van der Waals surface area contributed by atoms with Crippen molar-refractivity contribution < 1.29 is 28.1 Å². The standard InChI is InChI=1S/C16H16F2N2O4/c1-22-13-9(17)3-2-8(12(13)18)16-19-4-5-20(16)10-6-23-15-11(21)7-24-14(10)15/h2-5,10-11,14-15,21H,6-7H2,1H3/t10-,11-,14-,15-/m1/s1. The van der Waals surface area contributed by atoms with Crippen molar-refractivity contribution in [3.8, 4) is 17.1 Å². The minimum absolute atomic E-state index is 0.125. The van der Waals surface area contributed by atoms with Gasteiger partial charge in [0.2, 0.25) is 0 Å². The second kappa shape index (κ2) is 5.80. The molecule has 1 N–H and O–H groups in total. The quantitative estimate of drug-likeness (QED) is 0.920. The molecule has 1 aromatic carbocycles. The summed E-state index contributed by atoms with van der Waals surface area (Å²) in [6.45, 7) is 0.518. The van der Waals surface area contributed by atoms with Gasteiger partial charge in [-0.25, -0.2) is 13.8 Å². The highest BCUT2D eigenvalue weighted by atomic mass is 19.1. The van der Waals surface area contributed by atoms with Gasteiger partial charge in [0, 0.05) is 12.4 Å². The van der Waals surface area contributed by atoms with Crippen molar-refractivity contribution >= 4 is 0 Å². The maximum atomic E-state index is 14.6. The molecule has 6 nitrogen and oxygen atoms in total. The summed E-state index contributed by atoms with van der Waals surface area (Å²) in [5.74, 6) is -1.71. The van der Waals surface area contributed by atoms with Crippen molar-refractivity contribution in [3.63, 3.8) is 0 Å². The molecule has 8 heteroatoms. The molecule has 2 saturated heterocycles. The van der Waals surface area contributed by atoms with E-state index in [1.165, 1.54) is 19.4 Å². The Morgan fingerprint density at radius 1 is 1.25 bits per heavy atom. The van der Waals surface area contributed by atoms with Crippen LogP contribution in [0.1, 0.15) is 6.04 Å². The summed E-state index contributed by atoms with van der Waals surface area (Å²) in [5, 5.41) is 9.85. The van der Waals surface area contributed by atoms with E-state index in [9.17, 15) is 13.9 Å². The highest BCUT2D eigenvalue weighted by Crippen LogP contribution is 2.38. The number of halogens is 2. The number of nitrogens with zero attached hydrogens (tertiary/aromatic N) is 2. The summed E-state index contributed by atoms with van der Waals surface area (Å²) >= 11 is 0. The second-order valence-corrected chi connectivity index (χ2v) is 5.83. The normalized spacial score (nSPS) is 29.0. The molecule has 3 heterocycles. The molecule has 2 fully saturated rings. The van der Waals surface area contributed by atoms with Crippen LogP contribution in [0.3, 0.4) is 0 Å². The van der Waals surface area contributed by atoms with E-state index in [4.69, 9.17) is 14.2 Å². The first-order chi connectivity index (χ1) is 11.6. The van der Waals surface area contributed by atoms with Crippen LogP contribution in [0.2, 0.25) is 0 Å². The third-order valence-electron chi connectivity index (χ3n) is 4.52. The molecule has 1 aromatic heterocycles. The van der Waals surface area contributed by atoms with E-state index in [1.807, 2.05) is 0 Å². The number of ether oxygens (including phenoxy) is 3. The van der Waals surface area contributed by atoms with Crippen molar-refractivity contribution in [2.45, 2.75) is 24.4 Å². The monoisotopic (exact) mass is 338 g/mol. The van der Waals surface area contributed by atoms with Gasteiger partial charge in [-0.15, -0.1) is 0 Å². The SMILES string of the molecule is COc1c(F)ccc(-c2nccn2[C@@H]2CO[C@H]3[C@@H]2OC[C@H]3O)c1F. The zero-order chi connectivity index (χ0) is 16.8. The third-order valence-corrected chi connectivity index (χ3v) is 4.52. The molecule has 0 unspecified atom stereocenters. The minimum atomic E-state index is -0.812. The van der Waals surface area contributed by atoms with E-state index >= 15 is 0 Å². The van der Waals surface area contributed by atoms with Crippen LogP contribution in [0, 0.1) is 11.6 Å². The van der Waals surface area contributed by atoms with Crippen molar-refractivity contribution in [1.82, 2.24) is 9.55 Å². The number of aliphatic hydroxyl groups is 1. The molecule has 24 heavy (non-hydrogen) atoms. The fraction of sp³-hybridized carbons (Fsp3) is 0.438. The number of fused-ring (bicyclic) bond motifs is 1. The summed E-state index contributed by atoms with van der Waals surface area (Å²) in [4.78, 5) is 4.20. The first-order valence-electron chi connectivity index (χ1n) is 7.58. The molecule has 0 radical (unpaired) electrons. The lowest BCUT2D eigenvalue weighted by Crippen LogP contribution is -2.30. The molecule has 4 atom stereocenters. The van der Waals surface area contributed by atoms with E-state index in [2.05, 4.69) is 4.98 Å². The molecule has 0 saturated carbocycles. The van der Waals surface area contributed by atoms with Gasteiger partial charge in [0.15, 0.2) is 17.4 Å². The predicted molar refractivity (Wildman–Crippen MR) is 78.7 cm³/mol. The highest BCUT2D eigenvalue weighted by Gasteiger charge is 2.48. The van der Waals surface area contributed by atoms with Gasteiger partial charge >= 0.3 is 0 Å². The van der Waals surface area contributed by atoms with Gasteiger partial charge in [-0.1, -0.05) is 0 Å². The zero-order valence-corrected chi connectivity index (χ0v) is 12.9. The molecule has 2 aliphatic rings. The topological polar surface area (TPSA) is 65.7 Å². The number of methoxy groups -OCH3 is 1. The second-order valence-electron chi connectivity index (χ2n) is 5.83. The molecular weight excluding hydrogens is 322 g/mol. The molecule has 128 valence electrons. The van der Waals surface area contributed by atoms with Crippen LogP contribution < -0.4 is 4.74 Å². The number of imidazole rings is 1. The Morgan fingerprint density at radius 2 is 2.04 bits per heavy atom. The van der Waals surface area contributed by atoms with Gasteiger partial charge in [0.05, 0.1) is 31.9 Å². The van der Waals surface area contributed by atoms with E-state index in [0.29, 0.717) is 12.4 Å². The Hall–Kier alpha value is -2.03. The van der Waals surface area contributed by atoms with Gasteiger partial charge < -0.3 is 23.9 Å². The van der Waals surface area contributed by atoms with Crippen molar-refractivity contribution in [1.29, 1.82) is 0 Å². The zero-order valence-electron chi connectivity index (χ0n) is 12.9. The van der Waals surface area contributed by atoms with E-state index in [1.54, 1.807) is 10.8 Å². The Labute approximate surface area is 136 Å². The molecule has 2 aliphatic heterocycles. The average Bonchev–Trinajstić information content (AvgIpc) is 3.26. The Balaban J connectivity index is 1.74. The maximum Gasteiger partial charge on any atom is 0.191 e. The van der Waals surface area contributed by atoms with Crippen LogP contribution in [0.4, 0.5) is 8.78 Å². The fourth-order valence-corrected chi connectivity index (χ4v) is 3.38. The van der Waals surface area contributed by atoms with Gasteiger partial charge in [-0.05, 0) is 12.1 Å². The summed E-state index contributed by atoms with van der Waals surface area (Å²) in [6, 6.07) is 2.21. The number of rotatable bonds is 3. The highest BCUT2D eigenvalue weighted by molar-refractivity contribution is 5.60. The number of hydrogen-bond acceptors (Lipinski definition) is 5. The first kappa shape index (κ1) is 15.5. The van der Waals surface area contributed by atoms with Crippen LogP contribution in [0.25, 0.3) is 11.4 Å². The summed E-state index contributed by atoms with van der Waals surface area (Å²) in [6.07, 6.45) is 1.81. The van der Waals surface area contributed by atoms with Gasteiger partial charge in [-0.2, -0.15) is 0 Å². The number of benzene rings is 1. The minimum Gasteiger partial charge on any atom is -0.491 e. The smallest absolute Gasteiger partial charge is 0.191 e. The molecule has 0 aliphatic carbocycles. The lowest BCUT2D eigenvalue weighted by atomic mass is 10.1. The number of aromatic nitrogens is 2. The van der Waals surface area contributed by atoms with Crippen LogP contribution >= 0.6 is 0 Å². The Morgan fingerprint density at radius 3 is 2.83 bits per heavy atom. The van der Waals surface area contributed by atoms with Gasteiger partial charge in [0.25, 0.3) is 0 Å². The molecule has 2 aromatic rings. The largest absolute Gasteiger partial charge is 0.491 e. The molecule has 0 amide bonds. The summed E-state index contributed by atoms with van der Waals surface area (Å²) in [7, 11) is 1.21. The maximum absolute atomic E-state index is 14.6. The molecule has 0 bridgehead atoms. The van der Waals surface area contributed by atoms with Crippen molar-refractivity contribution in [3.05, 3.63) is 36.2 Å². The van der Waals surface area contributed by atoms with Gasteiger partial charge in [-0.3, -0.25) is 0 Å². The van der Waals surface area contributed by atoms with E-state index < -0.39 is 29.6 Å². The lowest BCUT2D eigenvalue weighted by Gasteiger charge is -2.20. The van der Waals surface area contributed by atoms with Crippen molar-refractivity contribution in [2.24, 2.45) is 0 Å². The van der Waals surface area contributed by atoms with Crippen LogP contribution in [0.15, 0.2) is 24.5 Å². The Kier molecular flexibility index (Phi) is 3.75. The van der Waals surface area contributed by atoms with Crippen LogP contribution in [-0.2, 0) is 9.47 Å². The van der Waals surface area contributed by atoms with E-state index in [-0.39, 0.29) is 24.3 Å². The number of aliphatic hydroxyl groups excluding tert-OH is 1. The molecular formula is C16H16F2N2O4. The predicted octanol–water partition coefficient (Wildman–Crippen LogP) is 1.54. The Bertz CT molecular complexity index is 767. The molecule has 4 rings (SSSR count). The average molecular weight is 338 g/mol. The third kappa shape index (κ3) is 2.21. The van der Waals surface area contributed by atoms with Gasteiger partial charge in [0.1, 0.15) is 24.1 Å². The van der Waals surface area contributed by atoms with Crippen LogP contribution in [0.5, 0.6) is 5.75 Å². The fourth-order valence-electron chi connectivity index (χ4n) is 3.38. The van der Waals surface area contributed by atoms with Crippen molar-refractivity contribution in [2.75, 3.05) is 20.3 Å². The molecule has 0 spiro atoms. The first-order valence-corrected chi connectivity index (χ1v) is 7.58. The summed E-state index contributed by atoms with van der Waals surface area (Å²) in [5.41, 5.74) is 0.125. The van der Waals surface area contributed by atoms with Crippen LogP contribution in [-0.4, -0.2) is 53.3 Å². The summed E-state index contributed by atoms with van der Waals surface area (Å²) < 4.78 is 46.0. The number of hydrogen-bond donors (Lipinski definition) is 1. The van der Waals surface area contributed by atoms with E-state index in [0.717, 1.165) is 6.07 Å². The lowest BCUT2D eigenvalue weighted by molar-refractivity contribution is 0.0172.